The number of aliphatic hydroxyl groups is 1. The van der Waals surface area contributed by atoms with E-state index in [0.29, 0.717) is 36.5 Å². The maximum Gasteiger partial charge on any atom is 0.243 e. The number of hydrogen-bond acceptors (Lipinski definition) is 5. The van der Waals surface area contributed by atoms with Gasteiger partial charge in [-0.2, -0.15) is 14.7 Å². The van der Waals surface area contributed by atoms with E-state index in [-0.39, 0.29) is 16.7 Å². The second-order valence-electron chi connectivity index (χ2n) is 8.20. The number of aromatic amines is 1. The van der Waals surface area contributed by atoms with Gasteiger partial charge < -0.3 is 5.11 Å². The summed E-state index contributed by atoms with van der Waals surface area (Å²) in [4.78, 5) is 0.187. The average molecular weight is 443 g/mol. The third-order valence-corrected chi connectivity index (χ3v) is 8.45. The van der Waals surface area contributed by atoms with Gasteiger partial charge in [-0.05, 0) is 66.6 Å². The first-order valence-electron chi connectivity index (χ1n) is 9.66. The number of benzene rings is 2. The summed E-state index contributed by atoms with van der Waals surface area (Å²) in [7, 11) is -3.63. The molecule has 154 valence electrons. The van der Waals surface area contributed by atoms with Crippen molar-refractivity contribution in [3.63, 3.8) is 0 Å². The number of nitrogens with one attached hydrogen (secondary N) is 1. The summed E-state index contributed by atoms with van der Waals surface area (Å²) in [6.45, 7) is 0.731. The molecule has 30 heavy (non-hydrogen) atoms. The van der Waals surface area contributed by atoms with Gasteiger partial charge in [-0.25, -0.2) is 8.42 Å². The fraction of sp³-hybridized carbons (Fsp3) is 0.333. The van der Waals surface area contributed by atoms with Gasteiger partial charge >= 0.3 is 0 Å². The molecule has 0 bridgehead atoms. The molecule has 0 radical (unpaired) electrons. The second kappa shape index (κ2) is 6.79. The van der Waals surface area contributed by atoms with Gasteiger partial charge in [0.1, 0.15) is 0 Å². The van der Waals surface area contributed by atoms with Crippen molar-refractivity contribution < 1.29 is 13.5 Å². The second-order valence-corrected chi connectivity index (χ2v) is 10.6. The number of fused-ring (bicyclic) bond motifs is 2. The SMILES string of the molecule is N#Cc1ccc(S(=O)(=O)N2C[C@@H]3C[C@](O)(c4cc(Cl)cc5[nH]ncc45)C[C@@H]3C2)cc1. The molecule has 1 aliphatic heterocycles. The molecule has 1 aliphatic carbocycles. The minimum absolute atomic E-state index is 0.0593. The van der Waals surface area contributed by atoms with E-state index in [2.05, 4.69) is 10.2 Å². The van der Waals surface area contributed by atoms with Gasteiger partial charge in [0.05, 0.1) is 33.8 Å². The quantitative estimate of drug-likeness (QED) is 0.647. The highest BCUT2D eigenvalue weighted by atomic mass is 35.5. The number of sulfonamides is 1. The van der Waals surface area contributed by atoms with E-state index < -0.39 is 15.6 Å². The average Bonchev–Trinajstić information content (AvgIpc) is 3.41. The Balaban J connectivity index is 1.39. The van der Waals surface area contributed by atoms with E-state index >= 15 is 0 Å². The molecule has 2 heterocycles. The Bertz CT molecular complexity index is 1270. The summed E-state index contributed by atoms with van der Waals surface area (Å²) in [6, 6.07) is 11.5. The van der Waals surface area contributed by atoms with Gasteiger partial charge in [0.25, 0.3) is 0 Å². The smallest absolute Gasteiger partial charge is 0.243 e. The Morgan fingerprint density at radius 1 is 1.20 bits per heavy atom. The number of rotatable bonds is 3. The van der Waals surface area contributed by atoms with Crippen molar-refractivity contribution in [3.8, 4) is 6.07 Å². The van der Waals surface area contributed by atoms with Crippen LogP contribution >= 0.6 is 11.6 Å². The molecule has 2 aliphatic rings. The van der Waals surface area contributed by atoms with Gasteiger partial charge in [-0.3, -0.25) is 5.10 Å². The lowest BCUT2D eigenvalue weighted by Crippen LogP contribution is -2.32. The van der Waals surface area contributed by atoms with Crippen molar-refractivity contribution in [2.24, 2.45) is 11.8 Å². The maximum atomic E-state index is 13.0. The van der Waals surface area contributed by atoms with Crippen LogP contribution in [0.25, 0.3) is 10.9 Å². The molecule has 0 spiro atoms. The van der Waals surface area contributed by atoms with Crippen LogP contribution in [0.2, 0.25) is 5.02 Å². The minimum atomic E-state index is -3.63. The van der Waals surface area contributed by atoms with Gasteiger partial charge in [0.15, 0.2) is 0 Å². The first-order chi connectivity index (χ1) is 14.3. The predicted octanol–water partition coefficient (Wildman–Crippen LogP) is 3.01. The lowest BCUT2D eigenvalue weighted by Gasteiger charge is -2.27. The zero-order valence-corrected chi connectivity index (χ0v) is 17.5. The van der Waals surface area contributed by atoms with Crippen molar-refractivity contribution in [1.29, 1.82) is 5.26 Å². The third-order valence-electron chi connectivity index (χ3n) is 6.39. The highest BCUT2D eigenvalue weighted by Crippen LogP contribution is 2.51. The summed E-state index contributed by atoms with van der Waals surface area (Å²) in [5.74, 6) is 0.119. The highest BCUT2D eigenvalue weighted by Gasteiger charge is 2.51. The van der Waals surface area contributed by atoms with Gasteiger partial charge in [-0.15, -0.1) is 0 Å². The maximum absolute atomic E-state index is 13.0. The van der Waals surface area contributed by atoms with Crippen LogP contribution in [0.4, 0.5) is 0 Å². The van der Waals surface area contributed by atoms with E-state index in [9.17, 15) is 13.5 Å². The standard InChI is InChI=1S/C21H19ClN4O3S/c22-16-5-19(18-10-24-25-20(18)6-16)21(27)7-14-11-26(12-15(14)8-21)30(28,29)17-3-1-13(9-23)2-4-17/h1-6,10,14-15,27H,7-8,11-12H2,(H,24,25)/t14-,15+,21+. The topological polar surface area (TPSA) is 110 Å². The molecule has 1 aromatic heterocycles. The minimum Gasteiger partial charge on any atom is -0.385 e. The molecule has 0 unspecified atom stereocenters. The van der Waals surface area contributed by atoms with Crippen LogP contribution in [0.1, 0.15) is 24.0 Å². The number of H-pyrrole nitrogens is 1. The van der Waals surface area contributed by atoms with Gasteiger partial charge in [0, 0.05) is 23.5 Å². The Morgan fingerprint density at radius 2 is 1.87 bits per heavy atom. The van der Waals surface area contributed by atoms with Crippen LogP contribution in [0.3, 0.4) is 0 Å². The molecule has 5 rings (SSSR count). The molecule has 3 aromatic rings. The molecule has 0 amide bonds. The van der Waals surface area contributed by atoms with E-state index in [0.717, 1.165) is 16.5 Å². The summed E-state index contributed by atoms with van der Waals surface area (Å²) in [5, 5.41) is 28.7. The number of nitriles is 1. The molecule has 2 N–H and O–H groups in total. The number of nitrogens with zero attached hydrogens (tertiary/aromatic N) is 3. The first kappa shape index (κ1) is 19.5. The zero-order chi connectivity index (χ0) is 21.1. The predicted molar refractivity (Wildman–Crippen MR) is 111 cm³/mol. The van der Waals surface area contributed by atoms with Crippen LogP contribution < -0.4 is 0 Å². The first-order valence-corrected chi connectivity index (χ1v) is 11.5. The summed E-state index contributed by atoms with van der Waals surface area (Å²) in [6.07, 6.45) is 2.63. The van der Waals surface area contributed by atoms with Crippen LogP contribution in [-0.4, -0.2) is 41.1 Å². The Labute approximate surface area is 178 Å². The van der Waals surface area contributed by atoms with E-state index in [1.807, 2.05) is 6.07 Å². The van der Waals surface area contributed by atoms with Crippen LogP contribution in [-0.2, 0) is 15.6 Å². The Kier molecular flexibility index (Phi) is 4.42. The van der Waals surface area contributed by atoms with Crippen LogP contribution in [0.15, 0.2) is 47.5 Å². The Morgan fingerprint density at radius 3 is 2.50 bits per heavy atom. The number of halogens is 1. The molecule has 2 fully saturated rings. The monoisotopic (exact) mass is 442 g/mol. The summed E-state index contributed by atoms with van der Waals surface area (Å²) in [5.41, 5.74) is 0.874. The van der Waals surface area contributed by atoms with E-state index in [1.165, 1.54) is 28.6 Å². The fourth-order valence-electron chi connectivity index (χ4n) is 4.98. The number of aromatic nitrogens is 2. The van der Waals surface area contributed by atoms with Crippen molar-refractivity contribution >= 4 is 32.5 Å². The van der Waals surface area contributed by atoms with Crippen molar-refractivity contribution in [3.05, 3.63) is 58.7 Å². The van der Waals surface area contributed by atoms with Gasteiger partial charge in [0.2, 0.25) is 10.0 Å². The molecule has 1 saturated heterocycles. The molecule has 1 saturated carbocycles. The van der Waals surface area contributed by atoms with Crippen molar-refractivity contribution in [2.45, 2.75) is 23.3 Å². The van der Waals surface area contributed by atoms with Crippen LogP contribution in [0, 0.1) is 23.2 Å². The van der Waals surface area contributed by atoms with Gasteiger partial charge in [-0.1, -0.05) is 11.6 Å². The lowest BCUT2D eigenvalue weighted by molar-refractivity contribution is 0.0353. The molecular formula is C21H19ClN4O3S. The molecule has 7 nitrogen and oxygen atoms in total. The Hall–Kier alpha value is -2.44. The molecule has 2 aromatic carbocycles. The number of hydrogen-bond donors (Lipinski definition) is 2. The van der Waals surface area contributed by atoms with E-state index in [4.69, 9.17) is 16.9 Å². The largest absolute Gasteiger partial charge is 0.385 e. The lowest BCUT2D eigenvalue weighted by atomic mass is 9.88. The normalized spacial score (nSPS) is 26.7. The highest BCUT2D eigenvalue weighted by molar-refractivity contribution is 7.89. The summed E-state index contributed by atoms with van der Waals surface area (Å²) < 4.78 is 27.6. The molecular weight excluding hydrogens is 424 g/mol. The van der Waals surface area contributed by atoms with Crippen LogP contribution in [0.5, 0.6) is 0 Å². The van der Waals surface area contributed by atoms with Crippen molar-refractivity contribution in [1.82, 2.24) is 14.5 Å². The zero-order valence-electron chi connectivity index (χ0n) is 15.9. The summed E-state index contributed by atoms with van der Waals surface area (Å²) >= 11 is 6.25. The molecule has 9 heteroatoms. The van der Waals surface area contributed by atoms with Crippen molar-refractivity contribution in [2.75, 3.05) is 13.1 Å². The van der Waals surface area contributed by atoms with E-state index in [1.54, 1.807) is 18.3 Å². The third kappa shape index (κ3) is 3.01. The molecule has 3 atom stereocenters. The fourth-order valence-corrected chi connectivity index (χ4v) is 6.75.